The molecule has 34 heavy (non-hydrogen) atoms. The fraction of sp³-hybridized carbons (Fsp3) is 0.560. The van der Waals surface area contributed by atoms with Crippen molar-refractivity contribution in [3.8, 4) is 5.75 Å². The van der Waals surface area contributed by atoms with Crippen LogP contribution in [0, 0.1) is 11.8 Å². The number of aliphatic hydroxyl groups is 1. The van der Waals surface area contributed by atoms with Crippen molar-refractivity contribution in [3.05, 3.63) is 36.9 Å². The van der Waals surface area contributed by atoms with E-state index in [0.29, 0.717) is 30.7 Å². The first-order valence-corrected chi connectivity index (χ1v) is 11.7. The van der Waals surface area contributed by atoms with E-state index in [-0.39, 0.29) is 37.9 Å². The molecule has 0 radical (unpaired) electrons. The third-order valence-electron chi connectivity index (χ3n) is 7.70. The highest BCUT2D eigenvalue weighted by molar-refractivity contribution is 6.04. The molecule has 2 unspecified atom stereocenters. The Labute approximate surface area is 198 Å². The largest absolute Gasteiger partial charge is 0.497 e. The molecule has 3 aliphatic heterocycles. The van der Waals surface area contributed by atoms with Crippen LogP contribution in [0.25, 0.3) is 0 Å². The van der Waals surface area contributed by atoms with Crippen LogP contribution in [0.5, 0.6) is 5.75 Å². The Morgan fingerprint density at radius 3 is 2.59 bits per heavy atom. The number of fused-ring (bicyclic) bond motifs is 1. The highest BCUT2D eigenvalue weighted by Gasteiger charge is 2.79. The Hall–Kier alpha value is -2.91. The first-order chi connectivity index (χ1) is 16.3. The zero-order valence-electron chi connectivity index (χ0n) is 19.6. The van der Waals surface area contributed by atoms with Crippen molar-refractivity contribution in [3.63, 3.8) is 0 Å². The number of aliphatic carboxylic acids is 1. The molecule has 9 nitrogen and oxygen atoms in total. The number of methoxy groups -OCH3 is 1. The van der Waals surface area contributed by atoms with Crippen LogP contribution in [0.3, 0.4) is 0 Å². The molecule has 1 spiro atoms. The maximum Gasteiger partial charge on any atom is 0.310 e. The number of hydrogen-bond donors (Lipinski definition) is 2. The van der Waals surface area contributed by atoms with Gasteiger partial charge in [0.05, 0.1) is 18.6 Å². The molecule has 9 heteroatoms. The molecular weight excluding hydrogens is 440 g/mol. The van der Waals surface area contributed by atoms with Crippen molar-refractivity contribution in [2.75, 3.05) is 31.7 Å². The number of aliphatic hydroxyl groups excluding tert-OH is 1. The lowest BCUT2D eigenvalue weighted by Crippen LogP contribution is -2.56. The van der Waals surface area contributed by atoms with Gasteiger partial charge in [0.15, 0.2) is 0 Å². The monoisotopic (exact) mass is 472 g/mol. The summed E-state index contributed by atoms with van der Waals surface area (Å²) >= 11 is 0. The molecule has 4 rings (SSSR count). The fourth-order valence-corrected chi connectivity index (χ4v) is 6.22. The van der Waals surface area contributed by atoms with Gasteiger partial charge in [-0.1, -0.05) is 13.0 Å². The minimum Gasteiger partial charge on any atom is -0.497 e. The normalized spacial score (nSPS) is 31.4. The standard InChI is InChI=1S/C25H32N2O7/c1-4-13-26(16-7-9-17(33-3)10-8-16)22(30)20-25-12-11-24(5-2,34-25)19(23(31)32)18(25)21(29)27(20)14-6-15-28/h4,7-10,18-20,28H,1,5-6,11-15H2,2-3H3,(H,31,32)/t18-,19+,20?,24-,25?/m0/s1. The predicted molar refractivity (Wildman–Crippen MR) is 123 cm³/mol. The van der Waals surface area contributed by atoms with Crippen LogP contribution in [-0.4, -0.2) is 76.9 Å². The lowest BCUT2D eigenvalue weighted by Gasteiger charge is -2.37. The van der Waals surface area contributed by atoms with Gasteiger partial charge in [0.1, 0.15) is 23.3 Å². The molecule has 0 aliphatic carbocycles. The third-order valence-corrected chi connectivity index (χ3v) is 7.70. The van der Waals surface area contributed by atoms with Crippen molar-refractivity contribution < 1.29 is 34.1 Å². The summed E-state index contributed by atoms with van der Waals surface area (Å²) in [6, 6.07) is 6.01. The van der Waals surface area contributed by atoms with Crippen molar-refractivity contribution in [2.45, 2.75) is 49.9 Å². The molecule has 2 N–H and O–H groups in total. The molecule has 0 aromatic heterocycles. The van der Waals surface area contributed by atoms with Gasteiger partial charge in [0.25, 0.3) is 5.91 Å². The zero-order valence-corrected chi connectivity index (χ0v) is 19.6. The van der Waals surface area contributed by atoms with E-state index < -0.39 is 35.0 Å². The van der Waals surface area contributed by atoms with E-state index in [2.05, 4.69) is 6.58 Å². The Kier molecular flexibility index (Phi) is 6.44. The van der Waals surface area contributed by atoms with Crippen LogP contribution < -0.4 is 9.64 Å². The lowest BCUT2D eigenvalue weighted by molar-refractivity contribution is -0.155. The summed E-state index contributed by atoms with van der Waals surface area (Å²) in [5, 5.41) is 19.5. The molecule has 1 aromatic carbocycles. The van der Waals surface area contributed by atoms with Gasteiger partial charge in [-0.05, 0) is 49.9 Å². The highest BCUT2D eigenvalue weighted by Crippen LogP contribution is 2.64. The molecule has 3 aliphatic rings. The summed E-state index contributed by atoms with van der Waals surface area (Å²) in [7, 11) is 1.56. The van der Waals surface area contributed by atoms with Crippen molar-refractivity contribution in [1.82, 2.24) is 4.90 Å². The molecule has 3 heterocycles. The van der Waals surface area contributed by atoms with E-state index in [1.807, 2.05) is 6.92 Å². The first-order valence-electron chi connectivity index (χ1n) is 11.7. The van der Waals surface area contributed by atoms with E-state index in [1.165, 1.54) is 9.80 Å². The number of nitrogens with zero attached hydrogens (tertiary/aromatic N) is 2. The van der Waals surface area contributed by atoms with Crippen LogP contribution in [0.4, 0.5) is 5.69 Å². The van der Waals surface area contributed by atoms with E-state index in [9.17, 15) is 24.6 Å². The molecule has 184 valence electrons. The zero-order chi connectivity index (χ0) is 24.7. The minimum absolute atomic E-state index is 0.142. The van der Waals surface area contributed by atoms with Crippen LogP contribution in [0.1, 0.15) is 32.6 Å². The van der Waals surface area contributed by atoms with Gasteiger partial charge < -0.3 is 29.5 Å². The molecule has 3 fully saturated rings. The topological polar surface area (TPSA) is 117 Å². The van der Waals surface area contributed by atoms with E-state index in [0.717, 1.165) is 0 Å². The maximum atomic E-state index is 14.2. The molecule has 3 saturated heterocycles. The van der Waals surface area contributed by atoms with Gasteiger partial charge >= 0.3 is 5.97 Å². The van der Waals surface area contributed by atoms with E-state index in [1.54, 1.807) is 37.5 Å². The smallest absolute Gasteiger partial charge is 0.310 e. The highest BCUT2D eigenvalue weighted by atomic mass is 16.5. The van der Waals surface area contributed by atoms with Crippen LogP contribution in [-0.2, 0) is 19.1 Å². The lowest BCUT2D eigenvalue weighted by atomic mass is 9.65. The first kappa shape index (κ1) is 24.2. The Bertz CT molecular complexity index is 980. The second kappa shape index (κ2) is 9.03. The van der Waals surface area contributed by atoms with Crippen molar-refractivity contribution >= 4 is 23.5 Å². The molecule has 1 aromatic rings. The molecular formula is C25H32N2O7. The number of amides is 2. The predicted octanol–water partition coefficient (Wildman–Crippen LogP) is 1.84. The van der Waals surface area contributed by atoms with Crippen molar-refractivity contribution in [1.29, 1.82) is 0 Å². The summed E-state index contributed by atoms with van der Waals surface area (Å²) < 4.78 is 11.7. The number of rotatable bonds is 10. The number of carboxylic acids is 1. The Morgan fingerprint density at radius 1 is 1.32 bits per heavy atom. The average Bonchev–Trinajstić information content (AvgIpc) is 3.44. The number of likely N-dealkylation sites (tertiary alicyclic amines) is 1. The Balaban J connectivity index is 1.79. The maximum absolute atomic E-state index is 14.2. The third kappa shape index (κ3) is 3.41. The van der Waals surface area contributed by atoms with E-state index in [4.69, 9.17) is 9.47 Å². The number of ether oxygens (including phenoxy) is 2. The average molecular weight is 473 g/mol. The van der Waals surface area contributed by atoms with Crippen molar-refractivity contribution in [2.24, 2.45) is 11.8 Å². The number of hydrogen-bond acceptors (Lipinski definition) is 6. The molecule has 2 bridgehead atoms. The summed E-state index contributed by atoms with van der Waals surface area (Å²) in [6.45, 7) is 5.84. The quantitative estimate of drug-likeness (QED) is 0.499. The number of carbonyl (C=O) groups is 3. The van der Waals surface area contributed by atoms with Crippen LogP contribution in [0.2, 0.25) is 0 Å². The number of carboxylic acid groups (broad SMARTS) is 1. The minimum atomic E-state index is -1.21. The molecule has 2 amide bonds. The SMILES string of the molecule is C=CCN(C(=O)C1N(CCCO)C(=O)[C@@H]2[C@H](C(=O)O)[C@]3(CC)CCC12O3)c1ccc(OC)cc1. The second-order valence-electron chi connectivity index (χ2n) is 9.22. The number of anilines is 1. The van der Waals surface area contributed by atoms with Gasteiger partial charge in [-0.3, -0.25) is 14.4 Å². The summed E-state index contributed by atoms with van der Waals surface area (Å²) in [4.78, 5) is 43.1. The van der Waals surface area contributed by atoms with Crippen LogP contribution >= 0.6 is 0 Å². The summed E-state index contributed by atoms with van der Waals surface area (Å²) in [6.07, 6.45) is 3.23. The fourth-order valence-electron chi connectivity index (χ4n) is 6.22. The van der Waals surface area contributed by atoms with E-state index >= 15 is 0 Å². The van der Waals surface area contributed by atoms with Gasteiger partial charge in [0.2, 0.25) is 5.91 Å². The molecule has 0 saturated carbocycles. The Morgan fingerprint density at radius 2 is 2.03 bits per heavy atom. The van der Waals surface area contributed by atoms with Crippen LogP contribution in [0.15, 0.2) is 36.9 Å². The summed E-state index contributed by atoms with van der Waals surface area (Å²) in [5.74, 6) is -3.12. The van der Waals surface area contributed by atoms with Gasteiger partial charge in [-0.2, -0.15) is 0 Å². The van der Waals surface area contributed by atoms with Gasteiger partial charge in [-0.25, -0.2) is 0 Å². The summed E-state index contributed by atoms with van der Waals surface area (Å²) in [5.41, 5.74) is -1.57. The van der Waals surface area contributed by atoms with Gasteiger partial charge in [-0.15, -0.1) is 6.58 Å². The second-order valence-corrected chi connectivity index (χ2v) is 9.22. The van der Waals surface area contributed by atoms with Gasteiger partial charge in [0, 0.05) is 25.4 Å². The molecule has 5 atom stereocenters. The number of carbonyl (C=O) groups excluding carboxylic acids is 2. The number of benzene rings is 1.